The Balaban J connectivity index is 2.76. The van der Waals surface area contributed by atoms with Crippen LogP contribution in [0.5, 0.6) is 5.75 Å². The summed E-state index contributed by atoms with van der Waals surface area (Å²) in [6.45, 7) is 9.24. The summed E-state index contributed by atoms with van der Waals surface area (Å²) in [5, 5.41) is 3.42. The molecular formula is C16H27NO. The highest BCUT2D eigenvalue weighted by molar-refractivity contribution is 5.29. The SMILES string of the molecule is CNC(CC(C)C(C)(C)C)c1ccc(OC)cc1. The predicted octanol–water partition coefficient (Wildman–Crippen LogP) is 4.03. The second-order valence-corrected chi connectivity index (χ2v) is 6.12. The molecule has 0 aliphatic carbocycles. The van der Waals surface area contributed by atoms with Gasteiger partial charge in [0, 0.05) is 6.04 Å². The minimum absolute atomic E-state index is 0.349. The second kappa shape index (κ2) is 6.24. The van der Waals surface area contributed by atoms with Gasteiger partial charge in [0.15, 0.2) is 0 Å². The van der Waals surface area contributed by atoms with Gasteiger partial charge in [-0.15, -0.1) is 0 Å². The van der Waals surface area contributed by atoms with Crippen molar-refractivity contribution in [1.29, 1.82) is 0 Å². The van der Waals surface area contributed by atoms with Crippen molar-refractivity contribution in [2.75, 3.05) is 14.2 Å². The summed E-state index contributed by atoms with van der Waals surface area (Å²) in [5.74, 6) is 1.58. The zero-order chi connectivity index (χ0) is 13.8. The summed E-state index contributed by atoms with van der Waals surface area (Å²) in [6.07, 6.45) is 1.15. The van der Waals surface area contributed by atoms with Crippen LogP contribution in [-0.4, -0.2) is 14.2 Å². The van der Waals surface area contributed by atoms with E-state index in [4.69, 9.17) is 4.74 Å². The lowest BCUT2D eigenvalue weighted by Crippen LogP contribution is -2.25. The van der Waals surface area contributed by atoms with E-state index in [2.05, 4.69) is 45.1 Å². The molecule has 0 heterocycles. The van der Waals surface area contributed by atoms with Gasteiger partial charge in [-0.2, -0.15) is 0 Å². The van der Waals surface area contributed by atoms with Crippen LogP contribution in [0.3, 0.4) is 0 Å². The Morgan fingerprint density at radius 1 is 1.17 bits per heavy atom. The van der Waals surface area contributed by atoms with Gasteiger partial charge < -0.3 is 10.1 Å². The summed E-state index contributed by atoms with van der Waals surface area (Å²) < 4.78 is 5.20. The molecule has 1 rings (SSSR count). The van der Waals surface area contributed by atoms with Crippen LogP contribution < -0.4 is 10.1 Å². The molecule has 0 fully saturated rings. The first-order valence-corrected chi connectivity index (χ1v) is 6.69. The first-order valence-electron chi connectivity index (χ1n) is 6.69. The molecule has 0 spiro atoms. The van der Waals surface area contributed by atoms with Crippen molar-refractivity contribution < 1.29 is 4.74 Å². The van der Waals surface area contributed by atoms with E-state index in [0.717, 1.165) is 12.2 Å². The minimum atomic E-state index is 0.349. The Labute approximate surface area is 112 Å². The Bertz CT molecular complexity index is 350. The van der Waals surface area contributed by atoms with Crippen molar-refractivity contribution in [2.45, 2.75) is 40.2 Å². The highest BCUT2D eigenvalue weighted by Gasteiger charge is 2.23. The average molecular weight is 249 g/mol. The molecule has 102 valence electrons. The van der Waals surface area contributed by atoms with E-state index in [-0.39, 0.29) is 0 Å². The minimum Gasteiger partial charge on any atom is -0.497 e. The number of methoxy groups -OCH3 is 1. The lowest BCUT2D eigenvalue weighted by atomic mass is 9.77. The maximum absolute atomic E-state index is 5.20. The molecule has 0 aliphatic heterocycles. The van der Waals surface area contributed by atoms with Crippen molar-refractivity contribution >= 4 is 0 Å². The molecule has 1 aromatic carbocycles. The van der Waals surface area contributed by atoms with Crippen molar-refractivity contribution in [3.05, 3.63) is 29.8 Å². The molecule has 0 aliphatic rings. The van der Waals surface area contributed by atoms with Gasteiger partial charge in [0.1, 0.15) is 5.75 Å². The van der Waals surface area contributed by atoms with Gasteiger partial charge in [-0.05, 0) is 42.5 Å². The summed E-state index contributed by atoms with van der Waals surface area (Å²) in [6, 6.07) is 8.76. The fourth-order valence-corrected chi connectivity index (χ4v) is 1.96. The van der Waals surface area contributed by atoms with Crippen LogP contribution in [-0.2, 0) is 0 Å². The topological polar surface area (TPSA) is 21.3 Å². The summed E-state index contributed by atoms with van der Waals surface area (Å²) in [4.78, 5) is 0. The Morgan fingerprint density at radius 2 is 1.72 bits per heavy atom. The lowest BCUT2D eigenvalue weighted by Gasteiger charge is -2.31. The van der Waals surface area contributed by atoms with Crippen LogP contribution in [0.1, 0.15) is 45.7 Å². The fraction of sp³-hybridized carbons (Fsp3) is 0.625. The third-order valence-corrected chi connectivity index (χ3v) is 3.93. The zero-order valence-electron chi connectivity index (χ0n) is 12.6. The van der Waals surface area contributed by atoms with E-state index in [1.54, 1.807) is 7.11 Å². The standard InChI is InChI=1S/C16H27NO/c1-12(16(2,3)4)11-15(17-5)13-7-9-14(18-6)10-8-13/h7-10,12,15,17H,11H2,1-6H3. The molecule has 2 unspecified atom stereocenters. The van der Waals surface area contributed by atoms with Gasteiger partial charge in [-0.1, -0.05) is 39.8 Å². The molecule has 2 heteroatoms. The smallest absolute Gasteiger partial charge is 0.118 e. The molecule has 0 saturated heterocycles. The lowest BCUT2D eigenvalue weighted by molar-refractivity contribution is 0.226. The highest BCUT2D eigenvalue weighted by atomic mass is 16.5. The van der Waals surface area contributed by atoms with E-state index < -0.39 is 0 Å². The second-order valence-electron chi connectivity index (χ2n) is 6.12. The largest absolute Gasteiger partial charge is 0.497 e. The molecule has 0 saturated carbocycles. The highest BCUT2D eigenvalue weighted by Crippen LogP contribution is 2.33. The number of rotatable bonds is 5. The number of benzene rings is 1. The average Bonchev–Trinajstić information content (AvgIpc) is 2.34. The molecule has 1 aromatic rings. The van der Waals surface area contributed by atoms with Gasteiger partial charge in [0.2, 0.25) is 0 Å². The van der Waals surface area contributed by atoms with Gasteiger partial charge in [-0.3, -0.25) is 0 Å². The third kappa shape index (κ3) is 4.02. The number of nitrogens with one attached hydrogen (secondary N) is 1. The molecular weight excluding hydrogens is 222 g/mol. The molecule has 0 bridgehead atoms. The Hall–Kier alpha value is -1.02. The van der Waals surface area contributed by atoms with Gasteiger partial charge in [0.05, 0.1) is 7.11 Å². The van der Waals surface area contributed by atoms with E-state index in [0.29, 0.717) is 17.4 Å². The summed E-state index contributed by atoms with van der Waals surface area (Å²) >= 11 is 0. The first kappa shape index (κ1) is 15.0. The third-order valence-electron chi connectivity index (χ3n) is 3.93. The predicted molar refractivity (Wildman–Crippen MR) is 78.0 cm³/mol. The number of hydrogen-bond donors (Lipinski definition) is 1. The maximum atomic E-state index is 5.20. The van der Waals surface area contributed by atoms with Crippen LogP contribution in [0.15, 0.2) is 24.3 Å². The molecule has 0 radical (unpaired) electrons. The molecule has 1 N–H and O–H groups in total. The molecule has 18 heavy (non-hydrogen) atoms. The van der Waals surface area contributed by atoms with Crippen LogP contribution >= 0.6 is 0 Å². The summed E-state index contributed by atoms with van der Waals surface area (Å²) in [7, 11) is 3.73. The number of hydrogen-bond acceptors (Lipinski definition) is 2. The van der Waals surface area contributed by atoms with Crippen LogP contribution in [0.25, 0.3) is 0 Å². The van der Waals surface area contributed by atoms with Gasteiger partial charge in [0.25, 0.3) is 0 Å². The van der Waals surface area contributed by atoms with Gasteiger partial charge >= 0.3 is 0 Å². The van der Waals surface area contributed by atoms with Crippen LogP contribution in [0.4, 0.5) is 0 Å². The maximum Gasteiger partial charge on any atom is 0.118 e. The summed E-state index contributed by atoms with van der Waals surface area (Å²) in [5.41, 5.74) is 1.68. The van der Waals surface area contributed by atoms with Crippen molar-refractivity contribution in [1.82, 2.24) is 5.32 Å². The van der Waals surface area contributed by atoms with Crippen molar-refractivity contribution in [3.8, 4) is 5.75 Å². The van der Waals surface area contributed by atoms with Crippen molar-refractivity contribution in [3.63, 3.8) is 0 Å². The molecule has 0 aromatic heterocycles. The fourth-order valence-electron chi connectivity index (χ4n) is 1.96. The zero-order valence-corrected chi connectivity index (χ0v) is 12.6. The molecule has 2 nitrogen and oxygen atoms in total. The van der Waals surface area contributed by atoms with E-state index in [1.165, 1.54) is 5.56 Å². The van der Waals surface area contributed by atoms with Crippen LogP contribution in [0, 0.1) is 11.3 Å². The van der Waals surface area contributed by atoms with E-state index in [9.17, 15) is 0 Å². The molecule has 0 amide bonds. The quantitative estimate of drug-likeness (QED) is 0.850. The Morgan fingerprint density at radius 3 is 2.11 bits per heavy atom. The van der Waals surface area contributed by atoms with Gasteiger partial charge in [-0.25, -0.2) is 0 Å². The van der Waals surface area contributed by atoms with E-state index >= 15 is 0 Å². The normalized spacial score (nSPS) is 15.2. The monoisotopic (exact) mass is 249 g/mol. The first-order chi connectivity index (χ1) is 8.38. The molecule has 2 atom stereocenters. The van der Waals surface area contributed by atoms with Crippen LogP contribution in [0.2, 0.25) is 0 Å². The van der Waals surface area contributed by atoms with E-state index in [1.807, 2.05) is 19.2 Å². The Kier molecular flexibility index (Phi) is 5.21. The number of ether oxygens (including phenoxy) is 1. The van der Waals surface area contributed by atoms with Crippen molar-refractivity contribution in [2.24, 2.45) is 11.3 Å².